The van der Waals surface area contributed by atoms with Crippen molar-refractivity contribution >= 4 is 17.7 Å². The molecule has 2 heterocycles. The SMILES string of the molecule is CN=C(NCc1ccnc(OC)c1)NCC1CCCS1. The van der Waals surface area contributed by atoms with Crippen molar-refractivity contribution in [2.45, 2.75) is 24.6 Å². The lowest BCUT2D eigenvalue weighted by molar-refractivity contribution is 0.397. The Morgan fingerprint density at radius 3 is 3.15 bits per heavy atom. The second-order valence-electron chi connectivity index (χ2n) is 4.65. The Labute approximate surface area is 124 Å². The Hall–Kier alpha value is -1.43. The molecule has 0 saturated carbocycles. The summed E-state index contributed by atoms with van der Waals surface area (Å²) in [4.78, 5) is 8.34. The van der Waals surface area contributed by atoms with Crippen LogP contribution in [0.4, 0.5) is 0 Å². The molecule has 0 bridgehead atoms. The van der Waals surface area contributed by atoms with Gasteiger partial charge in [0, 0.05) is 37.7 Å². The highest BCUT2D eigenvalue weighted by Gasteiger charge is 2.15. The lowest BCUT2D eigenvalue weighted by atomic mass is 10.2. The van der Waals surface area contributed by atoms with Gasteiger partial charge in [0.1, 0.15) is 0 Å². The summed E-state index contributed by atoms with van der Waals surface area (Å²) in [6.45, 7) is 1.68. The zero-order valence-corrected chi connectivity index (χ0v) is 12.9. The predicted molar refractivity (Wildman–Crippen MR) is 84.5 cm³/mol. The van der Waals surface area contributed by atoms with Gasteiger partial charge in [0.05, 0.1) is 7.11 Å². The first kappa shape index (κ1) is 15.0. The van der Waals surface area contributed by atoms with Crippen molar-refractivity contribution in [3.63, 3.8) is 0 Å². The highest BCUT2D eigenvalue weighted by Crippen LogP contribution is 2.25. The lowest BCUT2D eigenvalue weighted by Gasteiger charge is -2.15. The number of rotatable bonds is 5. The summed E-state index contributed by atoms with van der Waals surface area (Å²) >= 11 is 2.04. The van der Waals surface area contributed by atoms with Crippen LogP contribution in [0, 0.1) is 0 Å². The third-order valence-electron chi connectivity index (χ3n) is 3.21. The fourth-order valence-electron chi connectivity index (χ4n) is 2.09. The molecule has 5 nitrogen and oxygen atoms in total. The van der Waals surface area contributed by atoms with Crippen LogP contribution in [-0.2, 0) is 6.54 Å². The van der Waals surface area contributed by atoms with Gasteiger partial charge in [-0.25, -0.2) is 4.98 Å². The van der Waals surface area contributed by atoms with Gasteiger partial charge in [0.15, 0.2) is 5.96 Å². The smallest absolute Gasteiger partial charge is 0.213 e. The van der Waals surface area contributed by atoms with E-state index in [-0.39, 0.29) is 0 Å². The summed E-state index contributed by atoms with van der Waals surface area (Å²) < 4.78 is 5.12. The normalized spacial score (nSPS) is 18.9. The summed E-state index contributed by atoms with van der Waals surface area (Å²) in [6, 6.07) is 3.89. The minimum Gasteiger partial charge on any atom is -0.481 e. The zero-order valence-electron chi connectivity index (χ0n) is 12.1. The van der Waals surface area contributed by atoms with Crippen LogP contribution in [0.5, 0.6) is 5.88 Å². The van der Waals surface area contributed by atoms with Gasteiger partial charge in [-0.3, -0.25) is 4.99 Å². The van der Waals surface area contributed by atoms with E-state index in [1.807, 2.05) is 23.9 Å². The van der Waals surface area contributed by atoms with Gasteiger partial charge in [-0.1, -0.05) is 0 Å². The molecule has 1 aromatic rings. The second kappa shape index (κ2) is 7.99. The average molecular weight is 294 g/mol. The maximum absolute atomic E-state index is 5.12. The molecule has 2 N–H and O–H groups in total. The van der Waals surface area contributed by atoms with Crippen LogP contribution in [0.1, 0.15) is 18.4 Å². The molecule has 1 aliphatic heterocycles. The van der Waals surface area contributed by atoms with E-state index in [9.17, 15) is 0 Å². The molecule has 1 atom stereocenters. The van der Waals surface area contributed by atoms with Gasteiger partial charge in [-0.15, -0.1) is 0 Å². The fraction of sp³-hybridized carbons (Fsp3) is 0.571. The average Bonchev–Trinajstić information content (AvgIpc) is 3.01. The Balaban J connectivity index is 1.77. The molecule has 1 aliphatic rings. The summed E-state index contributed by atoms with van der Waals surface area (Å²) in [7, 11) is 3.42. The predicted octanol–water partition coefficient (Wildman–Crippen LogP) is 1.65. The molecule has 0 amide bonds. The molecule has 0 radical (unpaired) electrons. The van der Waals surface area contributed by atoms with Crippen LogP contribution in [0.3, 0.4) is 0 Å². The van der Waals surface area contributed by atoms with Gasteiger partial charge in [-0.05, 0) is 30.2 Å². The van der Waals surface area contributed by atoms with E-state index in [1.54, 1.807) is 20.4 Å². The largest absolute Gasteiger partial charge is 0.481 e. The van der Waals surface area contributed by atoms with E-state index >= 15 is 0 Å². The molecule has 2 rings (SSSR count). The van der Waals surface area contributed by atoms with Crippen LogP contribution in [0.25, 0.3) is 0 Å². The van der Waals surface area contributed by atoms with Gasteiger partial charge in [0.2, 0.25) is 5.88 Å². The Morgan fingerprint density at radius 2 is 2.45 bits per heavy atom. The first-order valence-corrected chi connectivity index (χ1v) is 7.91. The van der Waals surface area contributed by atoms with E-state index in [2.05, 4.69) is 20.6 Å². The standard InChI is InChI=1S/C14H22N4OS/c1-15-14(18-10-12-4-3-7-20-12)17-9-11-5-6-16-13(8-11)19-2/h5-6,8,12H,3-4,7,9-10H2,1-2H3,(H2,15,17,18). The van der Waals surface area contributed by atoms with Crippen molar-refractivity contribution in [3.05, 3.63) is 23.9 Å². The quantitative estimate of drug-likeness (QED) is 0.639. The fourth-order valence-corrected chi connectivity index (χ4v) is 3.30. The molecular weight excluding hydrogens is 272 g/mol. The van der Waals surface area contributed by atoms with Crippen LogP contribution < -0.4 is 15.4 Å². The molecule has 110 valence electrons. The third kappa shape index (κ3) is 4.59. The number of aliphatic imine (C=N–C) groups is 1. The number of methoxy groups -OCH3 is 1. The Kier molecular flexibility index (Phi) is 5.98. The number of pyridine rings is 1. The summed E-state index contributed by atoms with van der Waals surface area (Å²) in [5, 5.41) is 7.41. The minimum atomic E-state index is 0.634. The number of hydrogen-bond acceptors (Lipinski definition) is 4. The van der Waals surface area contributed by atoms with Crippen LogP contribution in [-0.4, -0.2) is 42.6 Å². The minimum absolute atomic E-state index is 0.634. The van der Waals surface area contributed by atoms with Gasteiger partial charge >= 0.3 is 0 Å². The van der Waals surface area contributed by atoms with Crippen molar-refractivity contribution in [2.75, 3.05) is 26.5 Å². The van der Waals surface area contributed by atoms with E-state index in [0.29, 0.717) is 12.4 Å². The molecule has 1 unspecified atom stereocenters. The number of ether oxygens (including phenoxy) is 1. The van der Waals surface area contributed by atoms with Crippen molar-refractivity contribution in [3.8, 4) is 5.88 Å². The van der Waals surface area contributed by atoms with Crippen LogP contribution >= 0.6 is 11.8 Å². The monoisotopic (exact) mass is 294 g/mol. The third-order valence-corrected chi connectivity index (χ3v) is 4.61. The Bertz CT molecular complexity index is 447. The van der Waals surface area contributed by atoms with Crippen LogP contribution in [0.15, 0.2) is 23.3 Å². The molecule has 1 aromatic heterocycles. The zero-order chi connectivity index (χ0) is 14.2. The maximum Gasteiger partial charge on any atom is 0.213 e. The van der Waals surface area contributed by atoms with Gasteiger partial charge in [-0.2, -0.15) is 11.8 Å². The molecule has 6 heteroatoms. The van der Waals surface area contributed by atoms with Crippen molar-refractivity contribution in [1.82, 2.24) is 15.6 Å². The highest BCUT2D eigenvalue weighted by atomic mass is 32.2. The molecule has 0 aromatic carbocycles. The van der Waals surface area contributed by atoms with Crippen molar-refractivity contribution < 1.29 is 4.74 Å². The lowest BCUT2D eigenvalue weighted by Crippen LogP contribution is -2.39. The second-order valence-corrected chi connectivity index (χ2v) is 6.06. The van der Waals surface area contributed by atoms with Crippen LogP contribution in [0.2, 0.25) is 0 Å². The first-order chi connectivity index (χ1) is 9.81. The van der Waals surface area contributed by atoms with Crippen molar-refractivity contribution in [1.29, 1.82) is 0 Å². The highest BCUT2D eigenvalue weighted by molar-refractivity contribution is 8.00. The Morgan fingerprint density at radius 1 is 1.55 bits per heavy atom. The van der Waals surface area contributed by atoms with E-state index in [0.717, 1.165) is 23.3 Å². The van der Waals surface area contributed by atoms with E-state index in [4.69, 9.17) is 4.74 Å². The van der Waals surface area contributed by atoms with E-state index < -0.39 is 0 Å². The number of guanidine groups is 1. The molecule has 1 saturated heterocycles. The van der Waals surface area contributed by atoms with Crippen molar-refractivity contribution in [2.24, 2.45) is 4.99 Å². The number of hydrogen-bond donors (Lipinski definition) is 2. The number of thioether (sulfide) groups is 1. The topological polar surface area (TPSA) is 58.5 Å². The number of nitrogens with zero attached hydrogens (tertiary/aromatic N) is 2. The summed E-state index contributed by atoms with van der Waals surface area (Å²) in [5.41, 5.74) is 1.12. The number of aromatic nitrogens is 1. The van der Waals surface area contributed by atoms with E-state index in [1.165, 1.54) is 18.6 Å². The molecule has 1 fully saturated rings. The first-order valence-electron chi connectivity index (χ1n) is 6.87. The maximum atomic E-state index is 5.12. The van der Waals surface area contributed by atoms with Gasteiger partial charge in [0.25, 0.3) is 0 Å². The summed E-state index contributed by atoms with van der Waals surface area (Å²) in [6.07, 6.45) is 4.39. The molecule has 20 heavy (non-hydrogen) atoms. The molecule has 0 aliphatic carbocycles. The summed E-state index contributed by atoms with van der Waals surface area (Å²) in [5.74, 6) is 2.76. The molecular formula is C14H22N4OS. The molecule has 0 spiro atoms. The van der Waals surface area contributed by atoms with Gasteiger partial charge < -0.3 is 15.4 Å². The number of nitrogens with one attached hydrogen (secondary N) is 2.